The van der Waals surface area contributed by atoms with E-state index >= 15 is 0 Å². The van der Waals surface area contributed by atoms with Gasteiger partial charge in [-0.3, -0.25) is 0 Å². The van der Waals surface area contributed by atoms with Gasteiger partial charge >= 0.3 is 0 Å². The molecule has 0 rings (SSSR count). The van der Waals surface area contributed by atoms with Crippen LogP contribution >= 0.6 is 11.1 Å². The van der Waals surface area contributed by atoms with Gasteiger partial charge in [-0.05, 0) is 11.0 Å². The first kappa shape index (κ1) is 12.0. The lowest BCUT2D eigenvalue weighted by Gasteiger charge is -2.39. The molecule has 0 N–H and O–H groups in total. The molecule has 0 aliphatic carbocycles. The lowest BCUT2D eigenvalue weighted by atomic mass is 9.99. The first-order chi connectivity index (χ1) is 5.31. The van der Waals surface area contributed by atoms with Crippen LogP contribution in [0, 0.1) is 5.92 Å². The van der Waals surface area contributed by atoms with Crippen LogP contribution in [0.4, 0.5) is 0 Å². The van der Waals surface area contributed by atoms with Gasteiger partial charge in [0.1, 0.15) is 0 Å². The molecule has 0 atom stereocenters. The van der Waals surface area contributed by atoms with Crippen LogP contribution in [0.5, 0.6) is 0 Å². The zero-order chi connectivity index (χ0) is 9.99. The van der Waals surface area contributed by atoms with Crippen molar-refractivity contribution in [2.24, 2.45) is 5.92 Å². The van der Waals surface area contributed by atoms with E-state index in [1.165, 1.54) is 0 Å². The SMILES string of the molecule is C=C[Si](Cl)(C=C)C(C)(C)C(C)C. The Labute approximate surface area is 82.0 Å². The molecule has 0 aromatic carbocycles. The second kappa shape index (κ2) is 3.80. The smallest absolute Gasteiger partial charge is 0.156 e. The molecule has 0 fully saturated rings. The summed E-state index contributed by atoms with van der Waals surface area (Å²) in [6, 6.07) is 0. The Balaban J connectivity index is 4.95. The Hall–Kier alpha value is -0.0131. The van der Waals surface area contributed by atoms with Crippen LogP contribution in [0.1, 0.15) is 27.7 Å². The Kier molecular flexibility index (Phi) is 3.79. The van der Waals surface area contributed by atoms with Crippen molar-refractivity contribution in [3.05, 3.63) is 24.6 Å². The van der Waals surface area contributed by atoms with Crippen molar-refractivity contribution in [2.45, 2.75) is 32.7 Å². The summed E-state index contributed by atoms with van der Waals surface area (Å²) in [4.78, 5) is 0. The summed E-state index contributed by atoms with van der Waals surface area (Å²) in [6.07, 6.45) is 0. The van der Waals surface area contributed by atoms with Crippen LogP contribution in [0.2, 0.25) is 5.04 Å². The molecule has 0 aliphatic heterocycles. The zero-order valence-corrected chi connectivity index (χ0v) is 10.3. The van der Waals surface area contributed by atoms with Crippen molar-refractivity contribution in [1.82, 2.24) is 0 Å². The highest BCUT2D eigenvalue weighted by atomic mass is 35.6. The standard InChI is InChI=1S/C10H19ClSi/c1-7-12(11,8-2)10(5,6)9(3)4/h7-9H,1-2H2,3-6H3. The third kappa shape index (κ3) is 1.83. The summed E-state index contributed by atoms with van der Waals surface area (Å²) in [6.45, 7) is 16.4. The quantitative estimate of drug-likeness (QED) is 0.477. The molecule has 0 amide bonds. The Morgan fingerprint density at radius 3 is 1.67 bits per heavy atom. The zero-order valence-electron chi connectivity index (χ0n) is 8.52. The maximum Gasteiger partial charge on any atom is 0.207 e. The predicted octanol–water partition coefficient (Wildman–Crippen LogP) is 4.06. The van der Waals surface area contributed by atoms with E-state index < -0.39 is 7.38 Å². The minimum atomic E-state index is -1.99. The molecule has 0 aliphatic rings. The fourth-order valence-electron chi connectivity index (χ4n) is 1.05. The minimum absolute atomic E-state index is 0.123. The van der Waals surface area contributed by atoms with Crippen molar-refractivity contribution >= 4 is 18.5 Å². The van der Waals surface area contributed by atoms with Gasteiger partial charge in [0.05, 0.1) is 0 Å². The highest BCUT2D eigenvalue weighted by molar-refractivity contribution is 7.27. The Morgan fingerprint density at radius 1 is 1.25 bits per heavy atom. The van der Waals surface area contributed by atoms with Crippen LogP contribution in [-0.2, 0) is 0 Å². The molecular formula is C10H19ClSi. The first-order valence-electron chi connectivity index (χ1n) is 4.28. The third-order valence-corrected chi connectivity index (χ3v) is 9.15. The van der Waals surface area contributed by atoms with E-state index in [0.717, 1.165) is 0 Å². The molecule has 12 heavy (non-hydrogen) atoms. The van der Waals surface area contributed by atoms with Gasteiger partial charge in [-0.15, -0.1) is 13.2 Å². The van der Waals surface area contributed by atoms with Crippen molar-refractivity contribution < 1.29 is 0 Å². The van der Waals surface area contributed by atoms with E-state index in [1.807, 2.05) is 11.4 Å². The van der Waals surface area contributed by atoms with E-state index in [2.05, 4.69) is 40.9 Å². The summed E-state index contributed by atoms with van der Waals surface area (Å²) in [7, 11) is -1.99. The van der Waals surface area contributed by atoms with Crippen LogP contribution in [0.25, 0.3) is 0 Å². The van der Waals surface area contributed by atoms with Crippen molar-refractivity contribution in [1.29, 1.82) is 0 Å². The average Bonchev–Trinajstić information content (AvgIpc) is 2.02. The molecule has 0 nitrogen and oxygen atoms in total. The van der Waals surface area contributed by atoms with E-state index in [0.29, 0.717) is 5.92 Å². The van der Waals surface area contributed by atoms with E-state index in [1.54, 1.807) is 0 Å². The molecule has 0 radical (unpaired) electrons. The number of hydrogen-bond donors (Lipinski definition) is 0. The van der Waals surface area contributed by atoms with Crippen molar-refractivity contribution in [3.8, 4) is 0 Å². The number of hydrogen-bond acceptors (Lipinski definition) is 0. The summed E-state index contributed by atoms with van der Waals surface area (Å²) >= 11 is 6.50. The highest BCUT2D eigenvalue weighted by Crippen LogP contribution is 2.47. The lowest BCUT2D eigenvalue weighted by molar-refractivity contribution is 0.468. The van der Waals surface area contributed by atoms with Gasteiger partial charge in [-0.2, -0.15) is 11.1 Å². The monoisotopic (exact) mass is 202 g/mol. The van der Waals surface area contributed by atoms with Crippen LogP contribution in [0.15, 0.2) is 24.6 Å². The molecule has 0 aromatic rings. The molecule has 2 heteroatoms. The normalized spacial score (nSPS) is 13.2. The highest BCUT2D eigenvalue weighted by Gasteiger charge is 2.43. The molecule has 0 unspecified atom stereocenters. The predicted molar refractivity (Wildman–Crippen MR) is 60.9 cm³/mol. The van der Waals surface area contributed by atoms with Gasteiger partial charge in [0.15, 0.2) is 0 Å². The fourth-order valence-corrected chi connectivity index (χ4v) is 3.81. The van der Waals surface area contributed by atoms with E-state index in [9.17, 15) is 0 Å². The van der Waals surface area contributed by atoms with Crippen LogP contribution < -0.4 is 0 Å². The topological polar surface area (TPSA) is 0 Å². The Bertz CT molecular complexity index is 174. The second-order valence-electron chi connectivity index (χ2n) is 4.05. The number of rotatable bonds is 4. The van der Waals surface area contributed by atoms with E-state index in [-0.39, 0.29) is 5.04 Å². The lowest BCUT2D eigenvalue weighted by Crippen LogP contribution is -2.39. The summed E-state index contributed by atoms with van der Waals surface area (Å²) in [5.74, 6) is 0.553. The molecule has 0 aromatic heterocycles. The molecular weight excluding hydrogens is 184 g/mol. The molecule has 0 heterocycles. The molecule has 0 bridgehead atoms. The number of halogens is 1. The molecule has 0 saturated carbocycles. The third-order valence-electron chi connectivity index (χ3n) is 3.03. The summed E-state index contributed by atoms with van der Waals surface area (Å²) in [5.41, 5.74) is 3.81. The maximum absolute atomic E-state index is 6.50. The largest absolute Gasteiger partial charge is 0.207 e. The maximum atomic E-state index is 6.50. The first-order valence-corrected chi connectivity index (χ1v) is 7.44. The van der Waals surface area contributed by atoms with Gasteiger partial charge in [0.25, 0.3) is 0 Å². The molecule has 70 valence electrons. The minimum Gasteiger partial charge on any atom is -0.156 e. The van der Waals surface area contributed by atoms with Crippen molar-refractivity contribution in [2.75, 3.05) is 0 Å². The van der Waals surface area contributed by atoms with Gasteiger partial charge in [0.2, 0.25) is 7.38 Å². The molecule has 0 saturated heterocycles. The fraction of sp³-hybridized carbons (Fsp3) is 0.600. The average molecular weight is 203 g/mol. The molecule has 0 spiro atoms. The summed E-state index contributed by atoms with van der Waals surface area (Å²) in [5, 5.41) is 0.123. The van der Waals surface area contributed by atoms with Gasteiger partial charge in [0, 0.05) is 0 Å². The van der Waals surface area contributed by atoms with Crippen LogP contribution in [0.3, 0.4) is 0 Å². The van der Waals surface area contributed by atoms with Gasteiger partial charge in [-0.1, -0.05) is 39.1 Å². The summed E-state index contributed by atoms with van der Waals surface area (Å²) < 4.78 is 0. The van der Waals surface area contributed by atoms with Gasteiger partial charge in [-0.25, -0.2) is 0 Å². The van der Waals surface area contributed by atoms with Crippen molar-refractivity contribution in [3.63, 3.8) is 0 Å². The second-order valence-corrected chi connectivity index (χ2v) is 9.57. The Morgan fingerprint density at radius 2 is 1.58 bits per heavy atom. The van der Waals surface area contributed by atoms with Crippen LogP contribution in [-0.4, -0.2) is 7.38 Å². The van der Waals surface area contributed by atoms with E-state index in [4.69, 9.17) is 11.1 Å². The van der Waals surface area contributed by atoms with Gasteiger partial charge < -0.3 is 0 Å².